The molecule has 0 spiro atoms. The molecule has 6 heteroatoms. The Hall–Kier alpha value is -1.59. The molecule has 106 valence electrons. The molecule has 1 aromatic carbocycles. The molecule has 1 unspecified atom stereocenters. The maximum absolute atomic E-state index is 12.0. The first kappa shape index (κ1) is 13.4. The van der Waals surface area contributed by atoms with Crippen LogP contribution in [0.2, 0.25) is 5.02 Å². The number of rotatable bonds is 1. The molecule has 1 N–H and O–H groups in total. The predicted molar refractivity (Wildman–Crippen MR) is 78.2 cm³/mol. The highest BCUT2D eigenvalue weighted by Crippen LogP contribution is 2.26. The summed E-state index contributed by atoms with van der Waals surface area (Å²) in [6.45, 7) is 1.69. The zero-order chi connectivity index (χ0) is 14.1. The Morgan fingerprint density at radius 1 is 1.15 bits per heavy atom. The average molecular weight is 294 g/mol. The van der Waals surface area contributed by atoms with Crippen LogP contribution in [0.3, 0.4) is 0 Å². The number of carbonyl (C=O) groups excluding carboxylic acids is 1. The van der Waals surface area contributed by atoms with Gasteiger partial charge < -0.3 is 10.0 Å². The Balaban J connectivity index is 1.82. The number of halogens is 1. The quantitative estimate of drug-likeness (QED) is 0.865. The number of piperidine rings is 1. The van der Waals surface area contributed by atoms with Gasteiger partial charge in [0.1, 0.15) is 0 Å². The standard InChI is InChI=1S/C14H16ClN3O2/c15-10-4-6-11(7-5-10)18-13(19)12(16-14(18)20)17-8-2-1-3-9-17/h4-7,13,19H,1-3,8-9H2. The number of aliphatic hydroxyl groups is 1. The number of amidine groups is 1. The average Bonchev–Trinajstić information content (AvgIpc) is 2.76. The number of anilines is 1. The van der Waals surface area contributed by atoms with Gasteiger partial charge in [-0.2, -0.15) is 4.99 Å². The second kappa shape index (κ2) is 5.42. The summed E-state index contributed by atoms with van der Waals surface area (Å²) in [7, 11) is 0. The Morgan fingerprint density at radius 2 is 1.80 bits per heavy atom. The van der Waals surface area contributed by atoms with E-state index in [1.807, 2.05) is 4.90 Å². The molecule has 0 aromatic heterocycles. The maximum Gasteiger partial charge on any atom is 0.352 e. The maximum atomic E-state index is 12.0. The van der Waals surface area contributed by atoms with Gasteiger partial charge in [-0.1, -0.05) is 11.6 Å². The lowest BCUT2D eigenvalue weighted by Gasteiger charge is -2.31. The number of carbonyl (C=O) groups is 1. The highest BCUT2D eigenvalue weighted by Gasteiger charge is 2.37. The molecule has 2 aliphatic rings. The summed E-state index contributed by atoms with van der Waals surface area (Å²) in [4.78, 5) is 19.4. The minimum atomic E-state index is -1.01. The molecule has 0 saturated carbocycles. The summed E-state index contributed by atoms with van der Waals surface area (Å²) < 4.78 is 0. The number of aliphatic hydroxyl groups excluding tert-OH is 1. The molecule has 0 radical (unpaired) electrons. The predicted octanol–water partition coefficient (Wildman–Crippen LogP) is 2.48. The van der Waals surface area contributed by atoms with Gasteiger partial charge in [0.2, 0.25) is 0 Å². The van der Waals surface area contributed by atoms with Crippen molar-refractivity contribution in [3.8, 4) is 0 Å². The number of likely N-dealkylation sites (tertiary alicyclic amines) is 1. The van der Waals surface area contributed by atoms with Gasteiger partial charge in [0.15, 0.2) is 12.1 Å². The van der Waals surface area contributed by atoms with Crippen LogP contribution in [0.4, 0.5) is 10.5 Å². The van der Waals surface area contributed by atoms with Crippen molar-refractivity contribution in [2.45, 2.75) is 25.5 Å². The van der Waals surface area contributed by atoms with Gasteiger partial charge in [0.25, 0.3) is 0 Å². The van der Waals surface area contributed by atoms with Gasteiger partial charge in [-0.15, -0.1) is 0 Å². The van der Waals surface area contributed by atoms with Crippen molar-refractivity contribution >= 4 is 29.2 Å². The summed E-state index contributed by atoms with van der Waals surface area (Å²) >= 11 is 5.84. The van der Waals surface area contributed by atoms with Crippen LogP contribution in [-0.4, -0.2) is 41.2 Å². The summed E-state index contributed by atoms with van der Waals surface area (Å²) in [5, 5.41) is 11.0. The van der Waals surface area contributed by atoms with Crippen molar-refractivity contribution in [1.82, 2.24) is 4.90 Å². The van der Waals surface area contributed by atoms with E-state index in [4.69, 9.17) is 11.6 Å². The SMILES string of the molecule is O=C1N=C(N2CCCCC2)C(O)N1c1ccc(Cl)cc1. The second-order valence-electron chi connectivity index (χ2n) is 5.02. The van der Waals surface area contributed by atoms with Crippen molar-refractivity contribution in [2.75, 3.05) is 18.0 Å². The van der Waals surface area contributed by atoms with Crippen molar-refractivity contribution in [3.63, 3.8) is 0 Å². The summed E-state index contributed by atoms with van der Waals surface area (Å²) in [6.07, 6.45) is 2.32. The smallest absolute Gasteiger partial charge is 0.352 e. The lowest BCUT2D eigenvalue weighted by Crippen LogP contribution is -2.46. The summed E-state index contributed by atoms with van der Waals surface area (Å²) in [5.74, 6) is 0.463. The largest absolute Gasteiger partial charge is 0.366 e. The van der Waals surface area contributed by atoms with E-state index in [2.05, 4.69) is 4.99 Å². The third-order valence-corrected chi connectivity index (χ3v) is 3.93. The molecule has 2 aliphatic heterocycles. The Kier molecular flexibility index (Phi) is 3.63. The van der Waals surface area contributed by atoms with Crippen molar-refractivity contribution < 1.29 is 9.90 Å². The molecule has 1 atom stereocenters. The molecule has 5 nitrogen and oxygen atoms in total. The summed E-state index contributed by atoms with van der Waals surface area (Å²) in [5.41, 5.74) is 0.600. The van der Waals surface area contributed by atoms with Crippen molar-refractivity contribution in [1.29, 1.82) is 0 Å². The van der Waals surface area contributed by atoms with Crippen LogP contribution in [0.15, 0.2) is 29.3 Å². The van der Waals surface area contributed by atoms with Crippen LogP contribution in [0, 0.1) is 0 Å². The van der Waals surface area contributed by atoms with E-state index in [9.17, 15) is 9.90 Å². The highest BCUT2D eigenvalue weighted by atomic mass is 35.5. The van der Waals surface area contributed by atoms with E-state index in [-0.39, 0.29) is 0 Å². The number of hydrogen-bond acceptors (Lipinski definition) is 3. The molecule has 0 bridgehead atoms. The lowest BCUT2D eigenvalue weighted by molar-refractivity contribution is 0.211. The van der Waals surface area contributed by atoms with Crippen LogP contribution >= 0.6 is 11.6 Å². The van der Waals surface area contributed by atoms with E-state index in [0.717, 1.165) is 25.9 Å². The van der Waals surface area contributed by atoms with E-state index >= 15 is 0 Å². The number of benzene rings is 1. The van der Waals surface area contributed by atoms with Gasteiger partial charge in [-0.05, 0) is 43.5 Å². The first-order valence-electron chi connectivity index (χ1n) is 6.77. The van der Waals surface area contributed by atoms with Gasteiger partial charge in [0.05, 0.1) is 0 Å². The highest BCUT2D eigenvalue weighted by molar-refractivity contribution is 6.30. The molecule has 20 heavy (non-hydrogen) atoms. The van der Waals surface area contributed by atoms with Crippen LogP contribution < -0.4 is 4.90 Å². The van der Waals surface area contributed by atoms with Crippen molar-refractivity contribution in [3.05, 3.63) is 29.3 Å². The second-order valence-corrected chi connectivity index (χ2v) is 5.46. The van der Waals surface area contributed by atoms with Gasteiger partial charge in [0, 0.05) is 23.8 Å². The molecular weight excluding hydrogens is 278 g/mol. The van der Waals surface area contributed by atoms with Crippen LogP contribution in [0.1, 0.15) is 19.3 Å². The number of hydrogen-bond donors (Lipinski definition) is 1. The lowest BCUT2D eigenvalue weighted by atomic mass is 10.1. The third kappa shape index (κ3) is 2.39. The van der Waals surface area contributed by atoms with Crippen LogP contribution in [0.25, 0.3) is 0 Å². The van der Waals surface area contributed by atoms with Gasteiger partial charge >= 0.3 is 6.03 Å². The third-order valence-electron chi connectivity index (χ3n) is 3.68. The molecule has 1 aromatic rings. The molecule has 1 fully saturated rings. The zero-order valence-corrected chi connectivity index (χ0v) is 11.8. The number of aliphatic imine (C=N–C) groups is 1. The Bertz CT molecular complexity index is 538. The molecular formula is C14H16ClN3O2. The first-order chi connectivity index (χ1) is 9.66. The van der Waals surface area contributed by atoms with Crippen LogP contribution in [0.5, 0.6) is 0 Å². The monoisotopic (exact) mass is 293 g/mol. The topological polar surface area (TPSA) is 56.1 Å². The van der Waals surface area contributed by atoms with Crippen molar-refractivity contribution in [2.24, 2.45) is 4.99 Å². The van der Waals surface area contributed by atoms with Gasteiger partial charge in [-0.3, -0.25) is 4.90 Å². The van der Waals surface area contributed by atoms with E-state index in [1.165, 1.54) is 11.3 Å². The van der Waals surface area contributed by atoms with E-state index < -0.39 is 12.3 Å². The fourth-order valence-electron chi connectivity index (χ4n) is 2.64. The molecule has 2 amide bonds. The van der Waals surface area contributed by atoms with Crippen LogP contribution in [-0.2, 0) is 0 Å². The fourth-order valence-corrected chi connectivity index (χ4v) is 2.77. The molecule has 3 rings (SSSR count). The zero-order valence-electron chi connectivity index (χ0n) is 11.0. The Labute approximate surface area is 122 Å². The molecule has 2 heterocycles. The summed E-state index contributed by atoms with van der Waals surface area (Å²) in [6, 6.07) is 6.36. The Morgan fingerprint density at radius 3 is 2.45 bits per heavy atom. The number of urea groups is 1. The fraction of sp³-hybridized carbons (Fsp3) is 0.429. The van der Waals surface area contributed by atoms with E-state index in [1.54, 1.807) is 24.3 Å². The minimum Gasteiger partial charge on any atom is -0.366 e. The normalized spacial score (nSPS) is 23.2. The van der Waals surface area contributed by atoms with E-state index in [0.29, 0.717) is 16.5 Å². The first-order valence-corrected chi connectivity index (χ1v) is 7.15. The van der Waals surface area contributed by atoms with Gasteiger partial charge in [-0.25, -0.2) is 4.79 Å². The minimum absolute atomic E-state index is 0.430. The number of nitrogens with zero attached hydrogens (tertiary/aromatic N) is 3. The molecule has 1 saturated heterocycles. The molecule has 0 aliphatic carbocycles. The number of amides is 2.